The summed E-state index contributed by atoms with van der Waals surface area (Å²) < 4.78 is 39.2. The first kappa shape index (κ1) is 23.6. The van der Waals surface area contributed by atoms with E-state index in [-0.39, 0.29) is 17.5 Å². The van der Waals surface area contributed by atoms with Gasteiger partial charge in [-0.1, -0.05) is 6.42 Å². The van der Waals surface area contributed by atoms with Gasteiger partial charge in [-0.2, -0.15) is 0 Å². The Balaban J connectivity index is 1.15. The van der Waals surface area contributed by atoms with Gasteiger partial charge in [-0.05, 0) is 86.4 Å². The molecule has 3 aromatic rings. The Hall–Kier alpha value is -3.17. The third-order valence-corrected chi connectivity index (χ3v) is 8.76. The van der Waals surface area contributed by atoms with Crippen molar-refractivity contribution in [1.29, 1.82) is 0 Å². The number of anilines is 1. The fourth-order valence-electron chi connectivity index (χ4n) is 5.50. The molecule has 1 amide bonds. The van der Waals surface area contributed by atoms with Gasteiger partial charge in [0, 0.05) is 29.2 Å². The number of ether oxygens (including phenoxy) is 1. The van der Waals surface area contributed by atoms with Crippen LogP contribution in [0.2, 0.25) is 0 Å². The SMILES string of the molecule is CC(NS(=O)(=O)c1ccc(NC(=O)COc2ccc3ccc(=O)oc3c2)cc1)C1CC2CCC1C2. The van der Waals surface area contributed by atoms with Crippen LogP contribution in [0.3, 0.4) is 0 Å². The number of sulfonamides is 1. The number of nitrogens with one attached hydrogen (secondary N) is 2. The van der Waals surface area contributed by atoms with Gasteiger partial charge in [0.15, 0.2) is 6.61 Å². The molecule has 184 valence electrons. The molecule has 2 saturated carbocycles. The monoisotopic (exact) mass is 496 g/mol. The second-order valence-electron chi connectivity index (χ2n) is 9.56. The molecule has 2 aliphatic carbocycles. The molecule has 2 aromatic carbocycles. The Kier molecular flexibility index (Phi) is 6.37. The summed E-state index contributed by atoms with van der Waals surface area (Å²) in [7, 11) is -3.64. The Labute approximate surface area is 203 Å². The first-order valence-electron chi connectivity index (χ1n) is 11.9. The van der Waals surface area contributed by atoms with Crippen LogP contribution in [0.4, 0.5) is 5.69 Å². The summed E-state index contributed by atoms with van der Waals surface area (Å²) in [4.78, 5) is 23.8. The van der Waals surface area contributed by atoms with Crippen molar-refractivity contribution in [1.82, 2.24) is 4.72 Å². The summed E-state index contributed by atoms with van der Waals surface area (Å²) >= 11 is 0. The Bertz CT molecular complexity index is 1400. The van der Waals surface area contributed by atoms with Crippen LogP contribution in [0.15, 0.2) is 68.7 Å². The van der Waals surface area contributed by atoms with Crippen LogP contribution in [0.25, 0.3) is 11.0 Å². The molecule has 0 saturated heterocycles. The average Bonchev–Trinajstić information content (AvgIpc) is 3.47. The first-order valence-corrected chi connectivity index (χ1v) is 13.3. The van der Waals surface area contributed by atoms with Crippen LogP contribution in [0, 0.1) is 17.8 Å². The van der Waals surface area contributed by atoms with E-state index in [9.17, 15) is 18.0 Å². The number of carbonyl (C=O) groups excluding carboxylic acids is 1. The lowest BCUT2D eigenvalue weighted by Gasteiger charge is -2.28. The minimum atomic E-state index is -3.64. The van der Waals surface area contributed by atoms with Crippen molar-refractivity contribution in [3.63, 3.8) is 0 Å². The highest BCUT2D eigenvalue weighted by atomic mass is 32.2. The van der Waals surface area contributed by atoms with Gasteiger partial charge < -0.3 is 14.5 Å². The average molecular weight is 497 g/mol. The Morgan fingerprint density at radius 1 is 1.09 bits per heavy atom. The van der Waals surface area contributed by atoms with Crippen LogP contribution in [0.1, 0.15) is 32.6 Å². The molecule has 2 bridgehead atoms. The van der Waals surface area contributed by atoms with E-state index in [2.05, 4.69) is 10.0 Å². The fraction of sp³-hybridized carbons (Fsp3) is 0.385. The molecule has 2 N–H and O–H groups in total. The maximum Gasteiger partial charge on any atom is 0.336 e. The molecule has 4 unspecified atom stereocenters. The van der Waals surface area contributed by atoms with E-state index in [0.29, 0.717) is 28.9 Å². The minimum absolute atomic E-state index is 0.102. The second kappa shape index (κ2) is 9.47. The largest absolute Gasteiger partial charge is 0.484 e. The smallest absolute Gasteiger partial charge is 0.336 e. The lowest BCUT2D eigenvalue weighted by atomic mass is 9.84. The van der Waals surface area contributed by atoms with Gasteiger partial charge in [0.2, 0.25) is 10.0 Å². The van der Waals surface area contributed by atoms with E-state index in [1.54, 1.807) is 36.4 Å². The van der Waals surface area contributed by atoms with E-state index < -0.39 is 21.6 Å². The first-order chi connectivity index (χ1) is 16.8. The quantitative estimate of drug-likeness (QED) is 0.457. The zero-order valence-corrected chi connectivity index (χ0v) is 20.2. The lowest BCUT2D eigenvalue weighted by molar-refractivity contribution is -0.118. The minimum Gasteiger partial charge on any atom is -0.484 e. The van der Waals surface area contributed by atoms with Gasteiger partial charge in [-0.3, -0.25) is 4.79 Å². The summed E-state index contributed by atoms with van der Waals surface area (Å²) in [5, 5.41) is 3.43. The maximum absolute atomic E-state index is 12.9. The maximum atomic E-state index is 12.9. The summed E-state index contributed by atoms with van der Waals surface area (Å²) in [6, 6.07) is 13.9. The zero-order valence-electron chi connectivity index (χ0n) is 19.4. The molecule has 0 aliphatic heterocycles. The number of fused-ring (bicyclic) bond motifs is 3. The fourth-order valence-corrected chi connectivity index (χ4v) is 6.80. The highest BCUT2D eigenvalue weighted by molar-refractivity contribution is 7.89. The topological polar surface area (TPSA) is 115 Å². The highest BCUT2D eigenvalue weighted by Crippen LogP contribution is 2.49. The number of carbonyl (C=O) groups is 1. The van der Waals surface area contributed by atoms with Gasteiger partial charge >= 0.3 is 5.63 Å². The second-order valence-corrected chi connectivity index (χ2v) is 11.3. The predicted molar refractivity (Wildman–Crippen MR) is 132 cm³/mol. The van der Waals surface area contributed by atoms with E-state index in [1.807, 2.05) is 6.92 Å². The lowest BCUT2D eigenvalue weighted by Crippen LogP contribution is -2.40. The standard InChI is InChI=1S/C26H28N2O6S/c1-16(23-13-17-2-3-19(23)12-17)28-35(31,32)22-9-6-20(7-10-22)27-25(29)15-33-21-8-4-18-5-11-26(30)34-24(18)14-21/h4-11,14,16-17,19,23,28H,2-3,12-13,15H2,1H3,(H,27,29). The number of hydrogen-bond donors (Lipinski definition) is 2. The van der Waals surface area contributed by atoms with Crippen molar-refractivity contribution >= 4 is 32.6 Å². The number of hydrogen-bond acceptors (Lipinski definition) is 6. The molecule has 9 heteroatoms. The van der Waals surface area contributed by atoms with E-state index in [1.165, 1.54) is 37.5 Å². The molecule has 0 radical (unpaired) electrons. The van der Waals surface area contributed by atoms with Gasteiger partial charge in [-0.25, -0.2) is 17.9 Å². The van der Waals surface area contributed by atoms with Gasteiger partial charge in [-0.15, -0.1) is 0 Å². The summed E-state index contributed by atoms with van der Waals surface area (Å²) in [5.74, 6) is 1.77. The van der Waals surface area contributed by atoms with Crippen molar-refractivity contribution in [3.8, 4) is 5.75 Å². The molecular weight excluding hydrogens is 468 g/mol. The molecule has 0 spiro atoms. The van der Waals surface area contributed by atoms with Crippen molar-refractivity contribution < 1.29 is 22.4 Å². The van der Waals surface area contributed by atoms with Crippen molar-refractivity contribution in [3.05, 3.63) is 65.0 Å². The molecule has 4 atom stereocenters. The molecule has 5 rings (SSSR count). The van der Waals surface area contributed by atoms with Gasteiger partial charge in [0.25, 0.3) is 5.91 Å². The molecule has 1 aromatic heterocycles. The Morgan fingerprint density at radius 3 is 2.57 bits per heavy atom. The number of amides is 1. The molecule has 2 fully saturated rings. The van der Waals surface area contributed by atoms with E-state index in [0.717, 1.165) is 17.7 Å². The highest BCUT2D eigenvalue weighted by Gasteiger charge is 2.42. The van der Waals surface area contributed by atoms with Gasteiger partial charge in [0.05, 0.1) is 4.90 Å². The zero-order chi connectivity index (χ0) is 24.6. The molecule has 2 aliphatic rings. The van der Waals surface area contributed by atoms with Crippen LogP contribution in [0.5, 0.6) is 5.75 Å². The summed E-state index contributed by atoms with van der Waals surface area (Å²) in [5.41, 5.74) is 0.367. The van der Waals surface area contributed by atoms with E-state index >= 15 is 0 Å². The van der Waals surface area contributed by atoms with Gasteiger partial charge in [0.1, 0.15) is 11.3 Å². The summed E-state index contributed by atoms with van der Waals surface area (Å²) in [6.45, 7) is 1.70. The normalized spacial score (nSPS) is 22.3. The van der Waals surface area contributed by atoms with Crippen molar-refractivity contribution in [2.75, 3.05) is 11.9 Å². The molecule has 35 heavy (non-hydrogen) atoms. The third kappa shape index (κ3) is 5.26. The van der Waals surface area contributed by atoms with Crippen molar-refractivity contribution in [2.45, 2.75) is 43.5 Å². The summed E-state index contributed by atoms with van der Waals surface area (Å²) in [6.07, 6.45) is 4.82. The molecule has 1 heterocycles. The number of benzene rings is 2. The van der Waals surface area contributed by atoms with Crippen LogP contribution < -0.4 is 20.4 Å². The van der Waals surface area contributed by atoms with Crippen LogP contribution in [-0.2, 0) is 14.8 Å². The third-order valence-electron chi connectivity index (χ3n) is 7.19. The Morgan fingerprint density at radius 2 is 1.86 bits per heavy atom. The molecular formula is C26H28N2O6S. The number of rotatable bonds is 8. The van der Waals surface area contributed by atoms with Crippen LogP contribution >= 0.6 is 0 Å². The van der Waals surface area contributed by atoms with Crippen molar-refractivity contribution in [2.24, 2.45) is 17.8 Å². The van der Waals surface area contributed by atoms with E-state index in [4.69, 9.17) is 9.15 Å². The predicted octanol–water partition coefficient (Wildman–Crippen LogP) is 3.91. The molecule has 8 nitrogen and oxygen atoms in total. The van der Waals surface area contributed by atoms with Crippen LogP contribution in [-0.4, -0.2) is 27.0 Å².